The average molecular weight is 818 g/mol. The number of methoxy groups -OCH3 is 2. The first-order chi connectivity index (χ1) is 27.5. The number of likely N-dealkylation sites (tertiary alicyclic amines) is 1. The third-order valence-corrected chi connectivity index (χ3v) is 11.4. The predicted octanol–water partition coefficient (Wildman–Crippen LogP) is 2.21. The van der Waals surface area contributed by atoms with Gasteiger partial charge in [0.1, 0.15) is 6.04 Å². The molecule has 9 unspecified atom stereocenters. The molecular weight excluding hydrogens is 743 g/mol. The molecule has 0 radical (unpaired) electrons. The van der Waals surface area contributed by atoms with E-state index in [2.05, 4.69) is 22.9 Å². The number of carbonyl (C=O) groups excluding carboxylic acids is 5. The fourth-order valence-corrected chi connectivity index (χ4v) is 8.04. The predicted molar refractivity (Wildman–Crippen MR) is 226 cm³/mol. The van der Waals surface area contributed by atoms with E-state index in [1.54, 1.807) is 33.1 Å². The first kappa shape index (κ1) is 50.5. The van der Waals surface area contributed by atoms with Gasteiger partial charge in [0.15, 0.2) is 0 Å². The number of nitrogens with two attached hydrogens (primary N) is 1. The summed E-state index contributed by atoms with van der Waals surface area (Å²) < 4.78 is 17.2. The molecule has 2 rings (SSSR count). The number of esters is 1. The van der Waals surface area contributed by atoms with Gasteiger partial charge in [0, 0.05) is 40.9 Å². The van der Waals surface area contributed by atoms with Gasteiger partial charge in [-0.2, -0.15) is 0 Å². The molecule has 0 saturated carbocycles. The normalized spacial score (nSPS) is 18.4. The van der Waals surface area contributed by atoms with Crippen molar-refractivity contribution in [2.24, 2.45) is 23.5 Å². The number of ether oxygens (including phenoxy) is 3. The maximum absolute atomic E-state index is 14.2. The average Bonchev–Trinajstić information content (AvgIpc) is 3.67. The molecule has 0 aromatic heterocycles. The molecular formula is C43H75N7O8. The lowest BCUT2D eigenvalue weighted by molar-refractivity contribution is -0.145. The second kappa shape index (κ2) is 25.8. The lowest BCUT2D eigenvalue weighted by atomic mass is 9.90. The molecule has 4 amide bonds. The molecule has 1 aliphatic rings. The first-order valence-corrected chi connectivity index (χ1v) is 21.0. The maximum Gasteiger partial charge on any atom is 0.322 e. The van der Waals surface area contributed by atoms with E-state index < -0.39 is 30.2 Å². The third-order valence-electron chi connectivity index (χ3n) is 11.4. The van der Waals surface area contributed by atoms with Crippen molar-refractivity contribution in [2.45, 2.75) is 122 Å². The van der Waals surface area contributed by atoms with Crippen LogP contribution in [-0.2, 0) is 44.6 Å². The van der Waals surface area contributed by atoms with Crippen LogP contribution in [0.4, 0.5) is 0 Å². The van der Waals surface area contributed by atoms with Gasteiger partial charge < -0.3 is 45.7 Å². The Kier molecular flexibility index (Phi) is 22.4. The van der Waals surface area contributed by atoms with E-state index in [1.807, 2.05) is 81.9 Å². The number of nitrogens with zero attached hydrogens (tertiary/aromatic N) is 3. The molecule has 1 aromatic rings. The topological polar surface area (TPSA) is 185 Å². The highest BCUT2D eigenvalue weighted by molar-refractivity contribution is 5.87. The van der Waals surface area contributed by atoms with E-state index >= 15 is 0 Å². The zero-order valence-electron chi connectivity index (χ0n) is 37.1. The van der Waals surface area contributed by atoms with Crippen LogP contribution in [0.1, 0.15) is 79.2 Å². The molecule has 1 saturated heterocycles. The monoisotopic (exact) mass is 818 g/mol. The number of hydrogen-bond donors (Lipinski definition) is 4. The van der Waals surface area contributed by atoms with Gasteiger partial charge in [-0.3, -0.25) is 28.9 Å². The van der Waals surface area contributed by atoms with Gasteiger partial charge in [-0.05, 0) is 70.0 Å². The van der Waals surface area contributed by atoms with Gasteiger partial charge in [-0.15, -0.1) is 0 Å². The Hall–Kier alpha value is -3.63. The molecule has 1 fully saturated rings. The Morgan fingerprint density at radius 3 is 2.17 bits per heavy atom. The van der Waals surface area contributed by atoms with Crippen LogP contribution in [0.5, 0.6) is 0 Å². The molecule has 5 N–H and O–H groups in total. The van der Waals surface area contributed by atoms with Crippen LogP contribution in [0, 0.1) is 17.8 Å². The van der Waals surface area contributed by atoms with Crippen LogP contribution < -0.4 is 21.7 Å². The van der Waals surface area contributed by atoms with Crippen molar-refractivity contribution < 1.29 is 38.2 Å². The number of carbonyl (C=O) groups is 5. The lowest BCUT2D eigenvalue weighted by Crippen LogP contribution is -2.55. The van der Waals surface area contributed by atoms with E-state index in [-0.39, 0.29) is 79.1 Å². The second-order valence-electron chi connectivity index (χ2n) is 16.5. The smallest absolute Gasteiger partial charge is 0.322 e. The summed E-state index contributed by atoms with van der Waals surface area (Å²) in [5.41, 5.74) is 6.57. The van der Waals surface area contributed by atoms with Crippen molar-refractivity contribution in [1.82, 2.24) is 30.7 Å². The van der Waals surface area contributed by atoms with E-state index in [1.165, 1.54) is 0 Å². The third kappa shape index (κ3) is 15.5. The van der Waals surface area contributed by atoms with E-state index in [9.17, 15) is 24.0 Å². The lowest BCUT2D eigenvalue weighted by Gasteiger charge is -2.39. The number of amides is 4. The highest BCUT2D eigenvalue weighted by Crippen LogP contribution is 2.29. The van der Waals surface area contributed by atoms with Crippen molar-refractivity contribution >= 4 is 29.6 Å². The summed E-state index contributed by atoms with van der Waals surface area (Å²) in [7, 11) is 8.64. The molecule has 58 heavy (non-hydrogen) atoms. The molecule has 1 aromatic carbocycles. The van der Waals surface area contributed by atoms with Gasteiger partial charge in [0.25, 0.3) is 0 Å². The minimum atomic E-state index is -0.700. The Bertz CT molecular complexity index is 1410. The summed E-state index contributed by atoms with van der Waals surface area (Å²) in [4.78, 5) is 71.2. The molecule has 0 aliphatic carbocycles. The number of rotatable bonds is 26. The fraction of sp³-hybridized carbons (Fsp3) is 0.744. The SMILES string of the molecule is CCC(C)C(C(CC(=O)N1CCCC1C(OC)C(C)CNC(Cc1ccccc1)C(=O)NCCCOC(=O)C(C)N)OC)N(C)C(=O)CNC(=O)C(C(C)C)N(C)C. The Balaban J connectivity index is 2.13. The molecule has 1 aliphatic heterocycles. The van der Waals surface area contributed by atoms with Gasteiger partial charge in [-0.25, -0.2) is 0 Å². The summed E-state index contributed by atoms with van der Waals surface area (Å²) in [6.45, 7) is 13.0. The quantitative estimate of drug-likeness (QED) is 0.0795. The molecule has 9 atom stereocenters. The van der Waals surface area contributed by atoms with Crippen LogP contribution in [0.3, 0.4) is 0 Å². The summed E-state index contributed by atoms with van der Waals surface area (Å²) in [5.74, 6) is -1.17. The molecule has 1 heterocycles. The van der Waals surface area contributed by atoms with Crippen LogP contribution in [0.2, 0.25) is 0 Å². The zero-order valence-corrected chi connectivity index (χ0v) is 37.1. The van der Waals surface area contributed by atoms with Crippen LogP contribution in [0.25, 0.3) is 0 Å². The molecule has 15 nitrogen and oxygen atoms in total. The minimum absolute atomic E-state index is 0.0123. The molecule has 0 spiro atoms. The van der Waals surface area contributed by atoms with Crippen LogP contribution >= 0.6 is 0 Å². The molecule has 15 heteroatoms. The summed E-state index contributed by atoms with van der Waals surface area (Å²) in [5, 5.41) is 9.27. The zero-order chi connectivity index (χ0) is 43.5. The largest absolute Gasteiger partial charge is 0.464 e. The van der Waals surface area contributed by atoms with E-state index in [0.29, 0.717) is 32.5 Å². The van der Waals surface area contributed by atoms with Gasteiger partial charge >= 0.3 is 5.97 Å². The first-order valence-electron chi connectivity index (χ1n) is 21.0. The van der Waals surface area contributed by atoms with Crippen molar-refractivity contribution in [3.63, 3.8) is 0 Å². The standard InChI is InChI=1S/C43H75N7O8/c1-12-29(4)39(49(9)37(52)27-47-42(54)38(28(2)3)48(7)8)35(56-10)25-36(51)50-22-16-20-34(50)40(57-11)30(5)26-46-33(24-32-18-14-13-15-19-32)41(53)45-21-17-23-58-43(55)31(6)44/h13-15,18-19,28-31,33-35,38-40,46H,12,16-17,20-27,44H2,1-11H3,(H,45,53)(H,47,54). The Morgan fingerprint density at radius 2 is 1.60 bits per heavy atom. The van der Waals surface area contributed by atoms with Gasteiger partial charge in [-0.1, -0.05) is 71.4 Å². The van der Waals surface area contributed by atoms with Crippen molar-refractivity contribution in [3.8, 4) is 0 Å². The number of benzene rings is 1. The highest BCUT2D eigenvalue weighted by Gasteiger charge is 2.41. The summed E-state index contributed by atoms with van der Waals surface area (Å²) in [6, 6.07) is 7.59. The number of likely N-dealkylation sites (N-methyl/N-ethyl adjacent to an activating group) is 2. The number of hydrogen-bond acceptors (Lipinski definition) is 11. The minimum Gasteiger partial charge on any atom is -0.464 e. The van der Waals surface area contributed by atoms with Crippen molar-refractivity contribution in [1.29, 1.82) is 0 Å². The fourth-order valence-electron chi connectivity index (χ4n) is 8.04. The Morgan fingerprint density at radius 1 is 0.931 bits per heavy atom. The van der Waals surface area contributed by atoms with Gasteiger partial charge in [0.05, 0.1) is 55.9 Å². The van der Waals surface area contributed by atoms with Crippen LogP contribution in [0.15, 0.2) is 30.3 Å². The maximum atomic E-state index is 14.2. The van der Waals surface area contributed by atoms with E-state index in [0.717, 1.165) is 24.8 Å². The highest BCUT2D eigenvalue weighted by atomic mass is 16.5. The second-order valence-corrected chi connectivity index (χ2v) is 16.5. The van der Waals surface area contributed by atoms with Crippen molar-refractivity contribution in [3.05, 3.63) is 35.9 Å². The number of nitrogens with one attached hydrogen (secondary N) is 3. The molecule has 0 bridgehead atoms. The summed E-state index contributed by atoms with van der Waals surface area (Å²) >= 11 is 0. The van der Waals surface area contributed by atoms with E-state index in [4.69, 9.17) is 19.9 Å². The van der Waals surface area contributed by atoms with Crippen LogP contribution in [-0.4, -0.2) is 155 Å². The summed E-state index contributed by atoms with van der Waals surface area (Å²) in [6.07, 6.45) is 2.47. The molecule has 330 valence electrons. The van der Waals surface area contributed by atoms with Crippen molar-refractivity contribution in [2.75, 3.05) is 68.1 Å². The van der Waals surface area contributed by atoms with Gasteiger partial charge in [0.2, 0.25) is 23.6 Å². The Labute approximate surface area is 347 Å².